The second kappa shape index (κ2) is 19.7. The fraction of sp³-hybridized carbons (Fsp3) is 0.389. The molecule has 2 heterocycles. The number of nitrogens with one attached hydrogen (secondary N) is 2. The Morgan fingerprint density at radius 1 is 0.778 bits per heavy atom. The van der Waals surface area contributed by atoms with E-state index < -0.39 is 0 Å². The average molecular weight is 850 g/mol. The number of amides is 3. The molecule has 9 heteroatoms. The number of imide groups is 1. The summed E-state index contributed by atoms with van der Waals surface area (Å²) in [6, 6.07) is 39.6. The molecule has 0 spiro atoms. The maximum absolute atomic E-state index is 13.4. The van der Waals surface area contributed by atoms with E-state index in [2.05, 4.69) is 83.4 Å². The molecule has 0 radical (unpaired) electrons. The highest BCUT2D eigenvalue weighted by atomic mass is 19.1. The fourth-order valence-corrected chi connectivity index (χ4v) is 11.0. The first-order chi connectivity index (χ1) is 30.7. The Labute approximate surface area is 371 Å². The highest BCUT2D eigenvalue weighted by Gasteiger charge is 2.46. The van der Waals surface area contributed by atoms with Gasteiger partial charge in [0, 0.05) is 37.0 Å². The second-order valence-corrected chi connectivity index (χ2v) is 17.7. The Bertz CT molecular complexity index is 2290. The summed E-state index contributed by atoms with van der Waals surface area (Å²) in [6.07, 6.45) is 10.00. The SMILES string of the molecule is COc1cc2c(cc1OC)C(CCCC(CCCNC(=O)CCc1ccc(F)cc1)(c1ccccc1)c1ccccc1)(C1CCC(CN3C(=O)c4ccccc4C3=O)CC1)NCC2. The maximum Gasteiger partial charge on any atom is 0.261 e. The predicted molar refractivity (Wildman–Crippen MR) is 245 cm³/mol. The Hall–Kier alpha value is -5.80. The molecule has 1 aliphatic carbocycles. The van der Waals surface area contributed by atoms with Crippen LogP contribution >= 0.6 is 0 Å². The van der Waals surface area contributed by atoms with Gasteiger partial charge in [-0.05, 0) is 140 Å². The van der Waals surface area contributed by atoms with Gasteiger partial charge in [-0.15, -0.1) is 0 Å². The summed E-state index contributed by atoms with van der Waals surface area (Å²) in [7, 11) is 3.40. The monoisotopic (exact) mass is 849 g/mol. The first-order valence-electron chi connectivity index (χ1n) is 22.8. The van der Waals surface area contributed by atoms with E-state index in [4.69, 9.17) is 9.47 Å². The zero-order valence-corrected chi connectivity index (χ0v) is 36.7. The van der Waals surface area contributed by atoms with Crippen LogP contribution in [-0.2, 0) is 28.6 Å². The number of aryl methyl sites for hydroxylation is 1. The zero-order chi connectivity index (χ0) is 43.8. The van der Waals surface area contributed by atoms with Crippen LogP contribution in [0.4, 0.5) is 4.39 Å². The molecule has 63 heavy (non-hydrogen) atoms. The van der Waals surface area contributed by atoms with Crippen molar-refractivity contribution in [2.45, 2.75) is 88.0 Å². The number of methoxy groups -OCH3 is 2. The summed E-state index contributed by atoms with van der Waals surface area (Å²) in [5.74, 6) is 1.39. The lowest BCUT2D eigenvalue weighted by Gasteiger charge is -2.49. The van der Waals surface area contributed by atoms with E-state index in [0.717, 1.165) is 87.8 Å². The number of hydrogen-bond acceptors (Lipinski definition) is 6. The number of carbonyl (C=O) groups is 3. The highest BCUT2D eigenvalue weighted by molar-refractivity contribution is 6.21. The van der Waals surface area contributed by atoms with E-state index in [-0.39, 0.29) is 40.4 Å². The lowest BCUT2D eigenvalue weighted by atomic mass is 9.62. The van der Waals surface area contributed by atoms with Crippen LogP contribution in [0.25, 0.3) is 0 Å². The van der Waals surface area contributed by atoms with Crippen molar-refractivity contribution in [3.63, 3.8) is 0 Å². The number of ether oxygens (including phenoxy) is 2. The number of benzene rings is 5. The molecule has 5 aromatic carbocycles. The molecule has 8 rings (SSSR count). The van der Waals surface area contributed by atoms with Crippen LogP contribution in [0.3, 0.4) is 0 Å². The Morgan fingerprint density at radius 2 is 1.37 bits per heavy atom. The molecule has 2 aliphatic heterocycles. The quantitative estimate of drug-likeness (QED) is 0.0674. The van der Waals surface area contributed by atoms with Crippen molar-refractivity contribution in [3.8, 4) is 11.5 Å². The van der Waals surface area contributed by atoms with Gasteiger partial charge >= 0.3 is 0 Å². The van der Waals surface area contributed by atoms with E-state index in [1.807, 2.05) is 12.1 Å². The standard InChI is InChI=1S/C54H60FN3O5/c1-62-48-35-40-29-34-57-54(47(40)36-49(48)63-2,43-24-19-39(20-25-43)37-58-51(60)45-17-9-10-18-46(45)52(58)61)32-11-30-53(41-13-5-3-6-14-41,42-15-7-4-8-16-42)31-12-33-56-50(59)28-23-38-21-26-44(55)27-22-38/h3-10,13-18,21-22,26-27,35-36,39,43,57H,11-12,19-20,23-25,28-34,37H2,1-2H3,(H,56,59). The van der Waals surface area contributed by atoms with Gasteiger partial charge in [0.05, 0.1) is 25.3 Å². The first-order valence-corrected chi connectivity index (χ1v) is 22.8. The average Bonchev–Trinajstić information content (AvgIpc) is 3.57. The van der Waals surface area contributed by atoms with Crippen molar-refractivity contribution in [2.24, 2.45) is 11.8 Å². The number of carbonyl (C=O) groups excluding carboxylic acids is 3. The van der Waals surface area contributed by atoms with E-state index in [9.17, 15) is 18.8 Å². The van der Waals surface area contributed by atoms with Crippen LogP contribution in [0.2, 0.25) is 0 Å². The molecule has 0 saturated heterocycles. The lowest BCUT2D eigenvalue weighted by molar-refractivity contribution is -0.121. The third-order valence-electron chi connectivity index (χ3n) is 14.3. The summed E-state index contributed by atoms with van der Waals surface area (Å²) >= 11 is 0. The summed E-state index contributed by atoms with van der Waals surface area (Å²) in [5, 5.41) is 7.32. The normalized spacial score (nSPS) is 19.6. The zero-order valence-electron chi connectivity index (χ0n) is 36.7. The van der Waals surface area contributed by atoms with Crippen LogP contribution < -0.4 is 20.1 Å². The molecular formula is C54H60FN3O5. The van der Waals surface area contributed by atoms with Gasteiger partial charge in [0.1, 0.15) is 5.82 Å². The maximum atomic E-state index is 13.4. The Morgan fingerprint density at radius 3 is 1.98 bits per heavy atom. The number of rotatable bonds is 18. The van der Waals surface area contributed by atoms with Crippen molar-refractivity contribution >= 4 is 17.7 Å². The minimum absolute atomic E-state index is 0.00108. The molecule has 0 aromatic heterocycles. The van der Waals surface area contributed by atoms with Crippen LogP contribution in [0.5, 0.6) is 11.5 Å². The number of fused-ring (bicyclic) bond motifs is 2. The third-order valence-corrected chi connectivity index (χ3v) is 14.3. The van der Waals surface area contributed by atoms with Crippen LogP contribution in [-0.4, -0.2) is 56.5 Å². The molecule has 8 nitrogen and oxygen atoms in total. The third kappa shape index (κ3) is 9.31. The largest absolute Gasteiger partial charge is 0.493 e. The van der Waals surface area contributed by atoms with Gasteiger partial charge in [0.25, 0.3) is 11.8 Å². The van der Waals surface area contributed by atoms with Crippen molar-refractivity contribution in [3.05, 3.63) is 166 Å². The summed E-state index contributed by atoms with van der Waals surface area (Å²) < 4.78 is 25.2. The fourth-order valence-electron chi connectivity index (χ4n) is 11.0. The lowest BCUT2D eigenvalue weighted by Crippen LogP contribution is -2.53. The van der Waals surface area contributed by atoms with Gasteiger partial charge in [0.2, 0.25) is 5.91 Å². The van der Waals surface area contributed by atoms with Gasteiger partial charge in [-0.2, -0.15) is 0 Å². The predicted octanol–water partition coefficient (Wildman–Crippen LogP) is 9.97. The number of halogens is 1. The molecular weight excluding hydrogens is 790 g/mol. The van der Waals surface area contributed by atoms with Crippen molar-refractivity contribution < 1.29 is 28.2 Å². The Balaban J connectivity index is 1.03. The van der Waals surface area contributed by atoms with Crippen molar-refractivity contribution in [1.29, 1.82) is 0 Å². The van der Waals surface area contributed by atoms with Gasteiger partial charge in [-0.1, -0.05) is 91.3 Å². The second-order valence-electron chi connectivity index (χ2n) is 17.7. The molecule has 1 saturated carbocycles. The molecule has 0 bridgehead atoms. The van der Waals surface area contributed by atoms with Crippen molar-refractivity contribution in [2.75, 3.05) is 33.9 Å². The molecule has 2 N–H and O–H groups in total. The van der Waals surface area contributed by atoms with Gasteiger partial charge in [-0.25, -0.2) is 4.39 Å². The highest BCUT2D eigenvalue weighted by Crippen LogP contribution is 2.50. The van der Waals surface area contributed by atoms with E-state index in [0.29, 0.717) is 43.0 Å². The number of nitrogens with zero attached hydrogens (tertiary/aromatic N) is 1. The van der Waals surface area contributed by atoms with Gasteiger partial charge in [0.15, 0.2) is 11.5 Å². The van der Waals surface area contributed by atoms with E-state index in [1.54, 1.807) is 38.5 Å². The summed E-state index contributed by atoms with van der Waals surface area (Å²) in [5.41, 5.74) is 6.43. The van der Waals surface area contributed by atoms with Gasteiger partial charge < -0.3 is 20.1 Å². The molecule has 328 valence electrons. The molecule has 3 amide bonds. The van der Waals surface area contributed by atoms with Gasteiger partial charge in [-0.3, -0.25) is 19.3 Å². The molecule has 1 unspecified atom stereocenters. The van der Waals surface area contributed by atoms with E-state index in [1.165, 1.54) is 39.3 Å². The minimum Gasteiger partial charge on any atom is -0.493 e. The smallest absolute Gasteiger partial charge is 0.261 e. The van der Waals surface area contributed by atoms with Crippen molar-refractivity contribution in [1.82, 2.24) is 15.5 Å². The Kier molecular flexibility index (Phi) is 13.7. The van der Waals surface area contributed by atoms with E-state index >= 15 is 0 Å². The summed E-state index contributed by atoms with van der Waals surface area (Å²) in [4.78, 5) is 41.2. The topological polar surface area (TPSA) is 97.0 Å². The first kappa shape index (κ1) is 43.8. The molecule has 1 fully saturated rings. The minimum atomic E-state index is -0.328. The number of hydrogen-bond donors (Lipinski definition) is 2. The van der Waals surface area contributed by atoms with Crippen LogP contribution in [0, 0.1) is 17.7 Å². The van der Waals surface area contributed by atoms with Crippen LogP contribution in [0.15, 0.2) is 121 Å². The summed E-state index contributed by atoms with van der Waals surface area (Å²) in [6.45, 7) is 1.86. The van der Waals surface area contributed by atoms with Crippen LogP contribution in [0.1, 0.15) is 113 Å². The molecule has 1 atom stereocenters. The molecule has 5 aromatic rings. The molecule has 3 aliphatic rings.